The molecule has 4 rings (SSSR count). The van der Waals surface area contributed by atoms with Crippen LogP contribution in [0.4, 0.5) is 11.4 Å². The Kier molecular flexibility index (Phi) is 8.06. The molecule has 8 heteroatoms. The number of carbonyl (C=O) groups excluding carboxylic acids is 3. The van der Waals surface area contributed by atoms with Gasteiger partial charge in [0.1, 0.15) is 5.75 Å². The van der Waals surface area contributed by atoms with Gasteiger partial charge in [0.2, 0.25) is 11.8 Å². The van der Waals surface area contributed by atoms with E-state index in [2.05, 4.69) is 16.0 Å². The van der Waals surface area contributed by atoms with Crippen molar-refractivity contribution in [1.82, 2.24) is 5.32 Å². The van der Waals surface area contributed by atoms with E-state index in [1.807, 2.05) is 18.2 Å². The van der Waals surface area contributed by atoms with Crippen LogP contribution in [0.5, 0.6) is 5.75 Å². The summed E-state index contributed by atoms with van der Waals surface area (Å²) >= 11 is 6.25. The maximum Gasteiger partial charge on any atom is 0.253 e. The van der Waals surface area contributed by atoms with Crippen LogP contribution in [0.15, 0.2) is 36.4 Å². The predicted molar refractivity (Wildman–Crippen MR) is 133 cm³/mol. The lowest BCUT2D eigenvalue weighted by atomic mass is 9.95. The van der Waals surface area contributed by atoms with Gasteiger partial charge in [0.25, 0.3) is 5.91 Å². The average Bonchev–Trinajstić information content (AvgIpc) is 2.83. The smallest absolute Gasteiger partial charge is 0.253 e. The number of hydrogen-bond donors (Lipinski definition) is 3. The molecule has 1 aliphatic heterocycles. The Morgan fingerprint density at radius 1 is 1.06 bits per heavy atom. The van der Waals surface area contributed by atoms with Crippen LogP contribution in [0.2, 0.25) is 5.02 Å². The summed E-state index contributed by atoms with van der Waals surface area (Å²) in [6.45, 7) is 0.397. The van der Waals surface area contributed by atoms with Crippen molar-refractivity contribution < 1.29 is 19.1 Å². The summed E-state index contributed by atoms with van der Waals surface area (Å²) in [4.78, 5) is 36.5. The molecule has 2 aromatic carbocycles. The van der Waals surface area contributed by atoms with Crippen LogP contribution in [0, 0.1) is 0 Å². The first-order valence-corrected chi connectivity index (χ1v) is 12.3. The van der Waals surface area contributed by atoms with Crippen molar-refractivity contribution in [3.05, 3.63) is 52.5 Å². The van der Waals surface area contributed by atoms with Crippen LogP contribution in [0.3, 0.4) is 0 Å². The molecule has 1 heterocycles. The van der Waals surface area contributed by atoms with Gasteiger partial charge in [-0.2, -0.15) is 0 Å². The number of hydrogen-bond acceptors (Lipinski definition) is 4. The van der Waals surface area contributed by atoms with E-state index in [4.69, 9.17) is 16.3 Å². The number of fused-ring (bicyclic) bond motifs is 1. The van der Waals surface area contributed by atoms with Crippen LogP contribution < -0.4 is 20.7 Å². The first-order chi connectivity index (χ1) is 16.5. The summed E-state index contributed by atoms with van der Waals surface area (Å²) in [5.41, 5.74) is 2.80. The minimum atomic E-state index is -0.203. The molecular weight excluding hydrogens is 454 g/mol. The number of benzene rings is 2. The number of aryl methyl sites for hydroxylation is 1. The molecule has 1 aliphatic carbocycles. The maximum atomic E-state index is 12.7. The Morgan fingerprint density at radius 2 is 1.88 bits per heavy atom. The number of amides is 3. The second-order valence-corrected chi connectivity index (χ2v) is 9.28. The molecule has 3 amide bonds. The van der Waals surface area contributed by atoms with Gasteiger partial charge in [-0.15, -0.1) is 0 Å². The van der Waals surface area contributed by atoms with Crippen molar-refractivity contribution >= 4 is 40.7 Å². The molecule has 0 spiro atoms. The quantitative estimate of drug-likeness (QED) is 0.456. The van der Waals surface area contributed by atoms with E-state index in [0.717, 1.165) is 42.7 Å². The first-order valence-electron chi connectivity index (χ1n) is 11.9. The SMILES string of the molecule is O=C(CCCOc1ccc2c(c1)CCC(=O)N2)Nc1ccc(Cl)c(C(=O)NC2CCCCC2)c1. The molecule has 180 valence electrons. The highest BCUT2D eigenvalue weighted by atomic mass is 35.5. The van der Waals surface area contributed by atoms with Crippen LogP contribution in [-0.2, 0) is 16.0 Å². The topological polar surface area (TPSA) is 96.5 Å². The Labute approximate surface area is 204 Å². The van der Waals surface area contributed by atoms with Gasteiger partial charge in [0, 0.05) is 30.3 Å². The van der Waals surface area contributed by atoms with Crippen molar-refractivity contribution in [2.75, 3.05) is 17.2 Å². The fourth-order valence-corrected chi connectivity index (χ4v) is 4.59. The van der Waals surface area contributed by atoms with Gasteiger partial charge < -0.3 is 20.7 Å². The highest BCUT2D eigenvalue weighted by Gasteiger charge is 2.19. The van der Waals surface area contributed by atoms with E-state index in [-0.39, 0.29) is 30.2 Å². The molecule has 0 atom stereocenters. The zero-order chi connectivity index (χ0) is 23.9. The molecule has 0 saturated heterocycles. The summed E-state index contributed by atoms with van der Waals surface area (Å²) in [7, 11) is 0. The van der Waals surface area contributed by atoms with Gasteiger partial charge in [-0.1, -0.05) is 30.9 Å². The third-order valence-electron chi connectivity index (χ3n) is 6.22. The van der Waals surface area contributed by atoms with Gasteiger partial charge >= 0.3 is 0 Å². The number of halogens is 1. The highest BCUT2D eigenvalue weighted by molar-refractivity contribution is 6.34. The Hall–Kier alpha value is -3.06. The van der Waals surface area contributed by atoms with E-state index in [9.17, 15) is 14.4 Å². The molecule has 0 unspecified atom stereocenters. The minimum absolute atomic E-state index is 0.0323. The molecule has 0 radical (unpaired) electrons. The minimum Gasteiger partial charge on any atom is -0.494 e. The van der Waals surface area contributed by atoms with Crippen molar-refractivity contribution in [3.63, 3.8) is 0 Å². The van der Waals surface area contributed by atoms with Crippen molar-refractivity contribution in [1.29, 1.82) is 0 Å². The third kappa shape index (κ3) is 6.50. The largest absolute Gasteiger partial charge is 0.494 e. The second kappa shape index (κ2) is 11.4. The van der Waals surface area contributed by atoms with Gasteiger partial charge in [-0.25, -0.2) is 0 Å². The van der Waals surface area contributed by atoms with Crippen molar-refractivity contribution in [2.45, 2.75) is 63.8 Å². The van der Waals surface area contributed by atoms with Crippen molar-refractivity contribution in [2.24, 2.45) is 0 Å². The summed E-state index contributed by atoms with van der Waals surface area (Å²) in [6, 6.07) is 10.7. The van der Waals surface area contributed by atoms with Gasteiger partial charge in [-0.3, -0.25) is 14.4 Å². The normalized spacial score (nSPS) is 15.7. The Bertz CT molecular complexity index is 1070. The first kappa shape index (κ1) is 24.1. The van der Waals surface area contributed by atoms with Crippen LogP contribution >= 0.6 is 11.6 Å². The standard InChI is InChI=1S/C26H30ClN3O4/c27-22-11-9-19(16-21(22)26(33)29-18-5-2-1-3-6-18)28-24(31)7-4-14-34-20-10-12-23-17(15-20)8-13-25(32)30-23/h9-12,15-16,18H,1-8,13-14H2,(H,28,31)(H,29,33)(H,30,32). The molecule has 7 nitrogen and oxygen atoms in total. The van der Waals surface area contributed by atoms with Crippen LogP contribution in [-0.4, -0.2) is 30.4 Å². The van der Waals surface area contributed by atoms with E-state index < -0.39 is 0 Å². The predicted octanol–water partition coefficient (Wildman–Crippen LogP) is 5.08. The van der Waals surface area contributed by atoms with Gasteiger partial charge in [0.15, 0.2) is 0 Å². The fourth-order valence-electron chi connectivity index (χ4n) is 4.38. The van der Waals surface area contributed by atoms with Gasteiger partial charge in [0.05, 0.1) is 17.2 Å². The number of carbonyl (C=O) groups is 3. The summed E-state index contributed by atoms with van der Waals surface area (Å²) in [6.07, 6.45) is 7.45. The lowest BCUT2D eigenvalue weighted by Crippen LogP contribution is -2.36. The number of rotatable bonds is 8. The summed E-state index contributed by atoms with van der Waals surface area (Å²) in [5, 5.41) is 9.11. The summed E-state index contributed by atoms with van der Waals surface area (Å²) < 4.78 is 5.77. The molecular formula is C26H30ClN3O4. The van der Waals surface area contributed by atoms with Crippen LogP contribution in [0.1, 0.15) is 67.3 Å². The average molecular weight is 484 g/mol. The lowest BCUT2D eigenvalue weighted by molar-refractivity contribution is -0.117. The fraction of sp³-hybridized carbons (Fsp3) is 0.423. The molecule has 3 N–H and O–H groups in total. The third-order valence-corrected chi connectivity index (χ3v) is 6.55. The van der Waals surface area contributed by atoms with E-state index >= 15 is 0 Å². The summed E-state index contributed by atoms with van der Waals surface area (Å²) in [5.74, 6) is 0.398. The number of nitrogens with one attached hydrogen (secondary N) is 3. The molecule has 0 aromatic heterocycles. The molecule has 0 bridgehead atoms. The monoisotopic (exact) mass is 483 g/mol. The number of anilines is 2. The van der Waals surface area contributed by atoms with E-state index in [0.29, 0.717) is 42.1 Å². The van der Waals surface area contributed by atoms with Crippen LogP contribution in [0.25, 0.3) is 0 Å². The molecule has 1 fully saturated rings. The molecule has 34 heavy (non-hydrogen) atoms. The lowest BCUT2D eigenvalue weighted by Gasteiger charge is -2.23. The second-order valence-electron chi connectivity index (χ2n) is 8.87. The van der Waals surface area contributed by atoms with E-state index in [1.165, 1.54) is 6.42 Å². The number of ether oxygens (including phenoxy) is 1. The molecule has 2 aliphatic rings. The molecule has 1 saturated carbocycles. The van der Waals surface area contributed by atoms with Gasteiger partial charge in [-0.05, 0) is 67.6 Å². The zero-order valence-electron chi connectivity index (χ0n) is 19.1. The highest BCUT2D eigenvalue weighted by Crippen LogP contribution is 2.27. The zero-order valence-corrected chi connectivity index (χ0v) is 19.9. The Morgan fingerprint density at radius 3 is 2.71 bits per heavy atom. The van der Waals surface area contributed by atoms with Crippen molar-refractivity contribution in [3.8, 4) is 5.75 Å². The van der Waals surface area contributed by atoms with E-state index in [1.54, 1.807) is 18.2 Å². The Balaban J connectivity index is 1.23. The maximum absolute atomic E-state index is 12.7. The molecule has 2 aromatic rings.